The summed E-state index contributed by atoms with van der Waals surface area (Å²) in [7, 11) is 5.77. The Hall–Kier alpha value is -3.58. The Morgan fingerprint density at radius 1 is 1.26 bits per heavy atom. The number of likely N-dealkylation sites (tertiary alicyclic amines) is 1. The fourth-order valence-corrected chi connectivity index (χ4v) is 4.09. The zero-order chi connectivity index (χ0) is 25.4. The second kappa shape index (κ2) is 12.2. The number of likely N-dealkylation sites (N-methyl/N-ethyl adjacent to an activating group) is 1. The standard InChI is InChI=1S/C25H35N7O3/c1-18-14-19-15-20(9-10-22(19)35-18)28-25(27-17-26)29-21-8-5-6-13-32(24(21)34)16-23(33)31(4)12-7-11-30(2)3/h9-10,14-15,21H,5-8,11-13,16H2,1-4H3,(H2,27,28,29). The number of amides is 2. The van der Waals surface area contributed by atoms with E-state index < -0.39 is 6.04 Å². The maximum absolute atomic E-state index is 13.3. The molecule has 1 saturated heterocycles. The summed E-state index contributed by atoms with van der Waals surface area (Å²) in [6.07, 6.45) is 4.93. The lowest BCUT2D eigenvalue weighted by Crippen LogP contribution is -2.45. The number of hydrogen-bond acceptors (Lipinski definition) is 6. The number of carbonyl (C=O) groups is 2. The number of aliphatic imine (C=N–C) groups is 1. The van der Waals surface area contributed by atoms with Gasteiger partial charge in [-0.2, -0.15) is 5.26 Å². The second-order valence-corrected chi connectivity index (χ2v) is 9.19. The number of anilines is 1. The summed E-state index contributed by atoms with van der Waals surface area (Å²) < 4.78 is 5.61. The molecule has 2 aromatic rings. The lowest BCUT2D eigenvalue weighted by Gasteiger charge is -2.26. The number of guanidine groups is 1. The van der Waals surface area contributed by atoms with Crippen LogP contribution in [0.1, 0.15) is 31.4 Å². The van der Waals surface area contributed by atoms with Gasteiger partial charge in [0.25, 0.3) is 0 Å². The third-order valence-electron chi connectivity index (χ3n) is 5.96. The van der Waals surface area contributed by atoms with Gasteiger partial charge in [0.1, 0.15) is 17.4 Å². The minimum absolute atomic E-state index is 0.0360. The van der Waals surface area contributed by atoms with Crippen molar-refractivity contribution in [2.75, 3.05) is 52.6 Å². The number of aryl methyl sites for hydroxylation is 1. The molecule has 1 aromatic carbocycles. The number of rotatable bonds is 8. The van der Waals surface area contributed by atoms with Gasteiger partial charge in [0, 0.05) is 31.2 Å². The molecule has 1 aliphatic heterocycles. The molecule has 1 aliphatic rings. The average molecular weight is 482 g/mol. The largest absolute Gasteiger partial charge is 0.461 e. The van der Waals surface area contributed by atoms with Crippen LogP contribution in [-0.4, -0.2) is 85.8 Å². The monoisotopic (exact) mass is 481 g/mol. The van der Waals surface area contributed by atoms with E-state index in [9.17, 15) is 14.9 Å². The first-order valence-corrected chi connectivity index (χ1v) is 11.9. The molecule has 0 spiro atoms. The lowest BCUT2D eigenvalue weighted by molar-refractivity contribution is -0.140. The van der Waals surface area contributed by atoms with Gasteiger partial charge in [-0.15, -0.1) is 0 Å². The molecule has 1 aromatic heterocycles. The van der Waals surface area contributed by atoms with E-state index in [4.69, 9.17) is 4.42 Å². The van der Waals surface area contributed by atoms with Gasteiger partial charge in [-0.1, -0.05) is 0 Å². The topological polar surface area (TPSA) is 117 Å². The Bertz CT molecular complexity index is 1100. The number of nitrogens with one attached hydrogen (secondary N) is 2. The van der Waals surface area contributed by atoms with Crippen molar-refractivity contribution in [3.8, 4) is 6.19 Å². The molecule has 2 N–H and O–H groups in total. The Morgan fingerprint density at radius 2 is 2.06 bits per heavy atom. The van der Waals surface area contributed by atoms with Crippen molar-refractivity contribution >= 4 is 34.4 Å². The Balaban J connectivity index is 1.69. The third-order valence-corrected chi connectivity index (χ3v) is 5.96. The maximum atomic E-state index is 13.3. The summed E-state index contributed by atoms with van der Waals surface area (Å²) in [5.41, 5.74) is 1.48. The highest BCUT2D eigenvalue weighted by molar-refractivity contribution is 5.98. The maximum Gasteiger partial charge on any atom is 0.247 e. The van der Waals surface area contributed by atoms with E-state index in [-0.39, 0.29) is 24.3 Å². The van der Waals surface area contributed by atoms with Gasteiger partial charge in [-0.25, -0.2) is 4.99 Å². The number of nitrogens with zero attached hydrogens (tertiary/aromatic N) is 5. The van der Waals surface area contributed by atoms with Crippen molar-refractivity contribution in [3.63, 3.8) is 0 Å². The first-order chi connectivity index (χ1) is 16.8. The van der Waals surface area contributed by atoms with Gasteiger partial charge < -0.3 is 24.4 Å². The van der Waals surface area contributed by atoms with E-state index >= 15 is 0 Å². The minimum Gasteiger partial charge on any atom is -0.461 e. The van der Waals surface area contributed by atoms with Gasteiger partial charge in [0.15, 0.2) is 6.19 Å². The number of benzene rings is 1. The first kappa shape index (κ1) is 26.0. The predicted molar refractivity (Wildman–Crippen MR) is 136 cm³/mol. The van der Waals surface area contributed by atoms with E-state index in [1.807, 2.05) is 51.5 Å². The van der Waals surface area contributed by atoms with Gasteiger partial charge in [0.2, 0.25) is 17.8 Å². The van der Waals surface area contributed by atoms with Crippen LogP contribution in [0.4, 0.5) is 5.69 Å². The number of nitriles is 1. The van der Waals surface area contributed by atoms with Gasteiger partial charge in [0.05, 0.1) is 6.54 Å². The van der Waals surface area contributed by atoms with E-state index in [0.29, 0.717) is 25.2 Å². The van der Waals surface area contributed by atoms with Crippen LogP contribution < -0.4 is 10.6 Å². The zero-order valence-corrected chi connectivity index (χ0v) is 21.0. The fourth-order valence-electron chi connectivity index (χ4n) is 4.09. The molecule has 10 heteroatoms. The quantitative estimate of drug-likeness (QED) is 0.257. The molecule has 3 rings (SSSR count). The van der Waals surface area contributed by atoms with Crippen LogP contribution in [0.25, 0.3) is 11.0 Å². The van der Waals surface area contributed by atoms with E-state index in [1.54, 1.807) is 16.8 Å². The smallest absolute Gasteiger partial charge is 0.247 e. The van der Waals surface area contributed by atoms with Crippen LogP contribution in [0.2, 0.25) is 0 Å². The number of hydrogen-bond donors (Lipinski definition) is 2. The first-order valence-electron chi connectivity index (χ1n) is 11.9. The van der Waals surface area contributed by atoms with E-state index in [0.717, 1.165) is 42.5 Å². The van der Waals surface area contributed by atoms with Crippen LogP contribution in [0, 0.1) is 18.4 Å². The number of furan rings is 1. The molecule has 0 bridgehead atoms. The summed E-state index contributed by atoms with van der Waals surface area (Å²) in [6, 6.07) is 6.82. The molecule has 10 nitrogen and oxygen atoms in total. The molecule has 2 amide bonds. The minimum atomic E-state index is -0.674. The summed E-state index contributed by atoms with van der Waals surface area (Å²) in [5, 5.41) is 15.8. The SMILES string of the molecule is Cc1cc2cc(NC(=NC3CCCCN(CC(=O)N(C)CCCN(C)C)C3=O)NC#N)ccc2o1. The van der Waals surface area contributed by atoms with Crippen LogP contribution >= 0.6 is 0 Å². The Morgan fingerprint density at radius 3 is 2.80 bits per heavy atom. The van der Waals surface area contributed by atoms with E-state index in [2.05, 4.69) is 20.5 Å². The molecule has 1 fully saturated rings. The number of carbonyl (C=O) groups excluding carboxylic acids is 2. The predicted octanol–water partition coefficient (Wildman–Crippen LogP) is 2.37. The fraction of sp³-hybridized carbons (Fsp3) is 0.520. The molecular weight excluding hydrogens is 446 g/mol. The summed E-state index contributed by atoms with van der Waals surface area (Å²) in [6.45, 7) is 3.97. The van der Waals surface area contributed by atoms with Crippen molar-refractivity contribution < 1.29 is 14.0 Å². The van der Waals surface area contributed by atoms with Crippen LogP contribution in [0.15, 0.2) is 33.7 Å². The van der Waals surface area contributed by atoms with Gasteiger partial charge in [-0.05, 0) is 77.5 Å². The zero-order valence-electron chi connectivity index (χ0n) is 21.0. The van der Waals surface area contributed by atoms with Crippen LogP contribution in [0.5, 0.6) is 0 Å². The van der Waals surface area contributed by atoms with E-state index in [1.165, 1.54) is 0 Å². The number of fused-ring (bicyclic) bond motifs is 1. The summed E-state index contributed by atoms with van der Waals surface area (Å²) >= 11 is 0. The highest BCUT2D eigenvalue weighted by atomic mass is 16.3. The van der Waals surface area contributed by atoms with Crippen molar-refractivity contribution in [2.45, 2.75) is 38.6 Å². The van der Waals surface area contributed by atoms with Gasteiger partial charge >= 0.3 is 0 Å². The van der Waals surface area contributed by atoms with Crippen LogP contribution in [-0.2, 0) is 9.59 Å². The highest BCUT2D eigenvalue weighted by Gasteiger charge is 2.29. The van der Waals surface area contributed by atoms with Crippen molar-refractivity contribution in [1.82, 2.24) is 20.0 Å². The molecule has 188 valence electrons. The summed E-state index contributed by atoms with van der Waals surface area (Å²) in [4.78, 5) is 35.9. The second-order valence-electron chi connectivity index (χ2n) is 9.19. The normalized spacial score (nSPS) is 16.8. The Labute approximate surface area is 206 Å². The molecule has 35 heavy (non-hydrogen) atoms. The molecule has 0 radical (unpaired) electrons. The van der Waals surface area contributed by atoms with Crippen molar-refractivity contribution in [2.24, 2.45) is 4.99 Å². The van der Waals surface area contributed by atoms with Gasteiger partial charge in [-0.3, -0.25) is 14.9 Å². The lowest BCUT2D eigenvalue weighted by atomic mass is 10.1. The average Bonchev–Trinajstić information content (AvgIpc) is 3.09. The molecule has 1 atom stereocenters. The van der Waals surface area contributed by atoms with Crippen molar-refractivity contribution in [3.05, 3.63) is 30.0 Å². The molecule has 0 saturated carbocycles. The van der Waals surface area contributed by atoms with Crippen molar-refractivity contribution in [1.29, 1.82) is 5.26 Å². The Kier molecular flexibility index (Phi) is 9.09. The van der Waals surface area contributed by atoms with Crippen LogP contribution in [0.3, 0.4) is 0 Å². The molecule has 2 heterocycles. The third kappa shape index (κ3) is 7.45. The molecule has 0 aliphatic carbocycles. The highest BCUT2D eigenvalue weighted by Crippen LogP contribution is 2.23. The summed E-state index contributed by atoms with van der Waals surface area (Å²) in [5.74, 6) is 0.721. The molecule has 1 unspecified atom stereocenters. The molecular formula is C25H35N7O3.